The Morgan fingerprint density at radius 3 is 2.45 bits per heavy atom. The Morgan fingerprint density at radius 1 is 1.10 bits per heavy atom. The van der Waals surface area contributed by atoms with Crippen molar-refractivity contribution in [2.45, 2.75) is 19.7 Å². The Kier molecular flexibility index (Phi) is 4.23. The van der Waals surface area contributed by atoms with Gasteiger partial charge in [-0.2, -0.15) is 13.2 Å². The molecule has 0 saturated carbocycles. The number of rotatable bonds is 3. The minimum Gasteiger partial charge on any atom is -0.487 e. The molecule has 2 aromatic carbocycles. The van der Waals surface area contributed by atoms with E-state index >= 15 is 0 Å². The van der Waals surface area contributed by atoms with Gasteiger partial charge < -0.3 is 4.74 Å². The van der Waals surface area contributed by atoms with E-state index in [1.807, 2.05) is 31.2 Å². The Labute approximate surface area is 119 Å². The van der Waals surface area contributed by atoms with E-state index in [2.05, 4.69) is 0 Å². The first-order valence-electron chi connectivity index (χ1n) is 5.91. The fraction of sp³-hybridized carbons (Fsp3) is 0.200. The third-order valence-corrected chi connectivity index (χ3v) is 3.03. The van der Waals surface area contributed by atoms with Crippen LogP contribution in [0.15, 0.2) is 42.5 Å². The Hall–Kier alpha value is -1.68. The van der Waals surface area contributed by atoms with Crippen molar-refractivity contribution in [3.63, 3.8) is 0 Å². The molecule has 1 nitrogen and oxygen atoms in total. The second-order valence-electron chi connectivity index (χ2n) is 4.42. The van der Waals surface area contributed by atoms with E-state index in [1.165, 1.54) is 6.07 Å². The van der Waals surface area contributed by atoms with Crippen LogP contribution in [0.1, 0.15) is 16.7 Å². The number of aryl methyl sites for hydroxylation is 1. The van der Waals surface area contributed by atoms with Crippen LogP contribution in [0.25, 0.3) is 0 Å². The van der Waals surface area contributed by atoms with Crippen LogP contribution in [-0.2, 0) is 12.8 Å². The molecule has 0 fully saturated rings. The average molecular weight is 301 g/mol. The molecule has 0 aliphatic heterocycles. The van der Waals surface area contributed by atoms with E-state index in [1.54, 1.807) is 0 Å². The molecule has 0 spiro atoms. The van der Waals surface area contributed by atoms with Crippen molar-refractivity contribution in [1.82, 2.24) is 0 Å². The Morgan fingerprint density at radius 2 is 1.85 bits per heavy atom. The number of hydrogen-bond acceptors (Lipinski definition) is 1. The third-order valence-electron chi connectivity index (χ3n) is 2.74. The monoisotopic (exact) mass is 300 g/mol. The molecule has 106 valence electrons. The highest BCUT2D eigenvalue weighted by Gasteiger charge is 2.31. The number of hydrogen-bond donors (Lipinski definition) is 0. The van der Waals surface area contributed by atoms with Crippen LogP contribution in [0.5, 0.6) is 5.75 Å². The van der Waals surface area contributed by atoms with Crippen LogP contribution < -0.4 is 4.74 Å². The molecule has 2 aromatic rings. The van der Waals surface area contributed by atoms with Crippen LogP contribution in [0, 0.1) is 6.92 Å². The lowest BCUT2D eigenvalue weighted by atomic mass is 10.1. The second-order valence-corrected chi connectivity index (χ2v) is 4.83. The fourth-order valence-corrected chi connectivity index (χ4v) is 1.99. The summed E-state index contributed by atoms with van der Waals surface area (Å²) in [5.74, 6) is 0.237. The van der Waals surface area contributed by atoms with E-state index in [0.29, 0.717) is 0 Å². The standard InChI is InChI=1S/C15H12ClF3O/c1-10-3-2-4-11(7-10)9-20-14-6-5-12(8-13(14)16)15(17,18)19/h2-8H,9H2,1H3. The van der Waals surface area contributed by atoms with Crippen molar-refractivity contribution in [2.24, 2.45) is 0 Å². The largest absolute Gasteiger partial charge is 0.487 e. The van der Waals surface area contributed by atoms with Gasteiger partial charge in [-0.3, -0.25) is 0 Å². The highest BCUT2D eigenvalue weighted by Crippen LogP contribution is 2.34. The lowest BCUT2D eigenvalue weighted by molar-refractivity contribution is -0.137. The van der Waals surface area contributed by atoms with Gasteiger partial charge in [0.15, 0.2) is 0 Å². The van der Waals surface area contributed by atoms with E-state index in [0.717, 1.165) is 23.3 Å². The molecule has 2 rings (SSSR count). The second kappa shape index (κ2) is 5.75. The lowest BCUT2D eigenvalue weighted by Gasteiger charge is -2.11. The van der Waals surface area contributed by atoms with Crippen LogP contribution in [-0.4, -0.2) is 0 Å². The Balaban J connectivity index is 2.11. The minimum atomic E-state index is -4.40. The summed E-state index contributed by atoms with van der Waals surface area (Å²) in [6.45, 7) is 2.21. The van der Waals surface area contributed by atoms with Crippen LogP contribution in [0.2, 0.25) is 5.02 Å². The maximum atomic E-state index is 12.5. The summed E-state index contributed by atoms with van der Waals surface area (Å²) in [5.41, 5.74) is 1.23. The van der Waals surface area contributed by atoms with Gasteiger partial charge in [0.2, 0.25) is 0 Å². The normalized spacial score (nSPS) is 11.4. The minimum absolute atomic E-state index is 0.0486. The topological polar surface area (TPSA) is 9.23 Å². The van der Waals surface area contributed by atoms with E-state index in [4.69, 9.17) is 16.3 Å². The SMILES string of the molecule is Cc1cccc(COc2ccc(C(F)(F)F)cc2Cl)c1. The average Bonchev–Trinajstić information content (AvgIpc) is 2.36. The summed E-state index contributed by atoms with van der Waals surface area (Å²) in [6.07, 6.45) is -4.40. The number of halogens is 4. The van der Waals surface area contributed by atoms with Gasteiger partial charge in [-0.1, -0.05) is 41.4 Å². The predicted molar refractivity (Wildman–Crippen MR) is 72.0 cm³/mol. The van der Waals surface area contributed by atoms with Gasteiger partial charge in [-0.05, 0) is 30.7 Å². The van der Waals surface area contributed by atoms with Gasteiger partial charge in [-0.15, -0.1) is 0 Å². The maximum absolute atomic E-state index is 12.5. The maximum Gasteiger partial charge on any atom is 0.416 e. The summed E-state index contributed by atoms with van der Waals surface area (Å²) >= 11 is 5.81. The van der Waals surface area contributed by atoms with Crippen molar-refractivity contribution < 1.29 is 17.9 Å². The molecule has 0 unspecified atom stereocenters. The van der Waals surface area contributed by atoms with Crippen LogP contribution in [0.3, 0.4) is 0 Å². The summed E-state index contributed by atoms with van der Waals surface area (Å²) < 4.78 is 42.9. The number of alkyl halides is 3. The number of ether oxygens (including phenoxy) is 1. The van der Waals surface area contributed by atoms with E-state index in [-0.39, 0.29) is 17.4 Å². The molecular weight excluding hydrogens is 289 g/mol. The van der Waals surface area contributed by atoms with Gasteiger partial charge >= 0.3 is 6.18 Å². The van der Waals surface area contributed by atoms with Gasteiger partial charge in [0, 0.05) is 0 Å². The first kappa shape index (κ1) is 14.7. The summed E-state index contributed by atoms with van der Waals surface area (Å²) in [5, 5.41) is -0.0486. The van der Waals surface area contributed by atoms with E-state index < -0.39 is 11.7 Å². The van der Waals surface area contributed by atoms with Crippen molar-refractivity contribution >= 4 is 11.6 Å². The molecule has 0 radical (unpaired) electrons. The molecule has 0 N–H and O–H groups in total. The first-order chi connectivity index (χ1) is 9.36. The smallest absolute Gasteiger partial charge is 0.416 e. The van der Waals surface area contributed by atoms with Gasteiger partial charge in [0.05, 0.1) is 10.6 Å². The molecule has 5 heteroatoms. The molecular formula is C15H12ClF3O. The lowest BCUT2D eigenvalue weighted by Crippen LogP contribution is -2.05. The van der Waals surface area contributed by atoms with E-state index in [9.17, 15) is 13.2 Å². The van der Waals surface area contributed by atoms with Crippen LogP contribution in [0.4, 0.5) is 13.2 Å². The Bertz CT molecular complexity index is 608. The predicted octanol–water partition coefficient (Wildman–Crippen LogP) is 5.25. The van der Waals surface area contributed by atoms with Gasteiger partial charge in [0.1, 0.15) is 12.4 Å². The molecule has 0 amide bonds. The zero-order chi connectivity index (χ0) is 14.8. The van der Waals surface area contributed by atoms with Gasteiger partial charge in [0.25, 0.3) is 0 Å². The summed E-state index contributed by atoms with van der Waals surface area (Å²) in [4.78, 5) is 0. The van der Waals surface area contributed by atoms with Gasteiger partial charge in [-0.25, -0.2) is 0 Å². The molecule has 0 bridgehead atoms. The molecule has 0 atom stereocenters. The molecule has 0 aromatic heterocycles. The van der Waals surface area contributed by atoms with Crippen molar-refractivity contribution in [1.29, 1.82) is 0 Å². The highest BCUT2D eigenvalue weighted by molar-refractivity contribution is 6.32. The number of benzene rings is 2. The van der Waals surface area contributed by atoms with Crippen LogP contribution >= 0.6 is 11.6 Å². The van der Waals surface area contributed by atoms with Crippen molar-refractivity contribution in [3.8, 4) is 5.75 Å². The molecule has 0 saturated heterocycles. The quantitative estimate of drug-likeness (QED) is 0.752. The summed E-state index contributed by atoms with van der Waals surface area (Å²) in [6, 6.07) is 10.7. The zero-order valence-electron chi connectivity index (χ0n) is 10.7. The van der Waals surface area contributed by atoms with Crippen molar-refractivity contribution in [2.75, 3.05) is 0 Å². The fourth-order valence-electron chi connectivity index (χ4n) is 1.76. The van der Waals surface area contributed by atoms with Crippen molar-refractivity contribution in [3.05, 3.63) is 64.2 Å². The molecule has 0 aliphatic rings. The molecule has 20 heavy (non-hydrogen) atoms. The molecule has 0 heterocycles. The molecule has 0 aliphatic carbocycles. The highest BCUT2D eigenvalue weighted by atomic mass is 35.5. The first-order valence-corrected chi connectivity index (χ1v) is 6.29. The zero-order valence-corrected chi connectivity index (χ0v) is 11.4. The summed E-state index contributed by atoms with van der Waals surface area (Å²) in [7, 11) is 0. The third kappa shape index (κ3) is 3.67.